The van der Waals surface area contributed by atoms with Crippen LogP contribution in [0.3, 0.4) is 0 Å². The quantitative estimate of drug-likeness (QED) is 0.671. The minimum absolute atomic E-state index is 0.0223. The van der Waals surface area contributed by atoms with Crippen molar-refractivity contribution in [2.45, 2.75) is 12.8 Å². The molecule has 0 saturated heterocycles. The fourth-order valence-electron chi connectivity index (χ4n) is 2.29. The van der Waals surface area contributed by atoms with Crippen molar-refractivity contribution < 1.29 is 19.5 Å². The summed E-state index contributed by atoms with van der Waals surface area (Å²) in [6, 6.07) is 6.90. The van der Waals surface area contributed by atoms with Gasteiger partial charge in [-0.25, -0.2) is 0 Å². The Labute approximate surface area is 133 Å². The van der Waals surface area contributed by atoms with Crippen molar-refractivity contribution in [3.63, 3.8) is 0 Å². The molecule has 2 aliphatic rings. The summed E-state index contributed by atoms with van der Waals surface area (Å²) in [6.07, 6.45) is 3.10. The van der Waals surface area contributed by atoms with Crippen molar-refractivity contribution in [1.82, 2.24) is 4.90 Å². The zero-order valence-electron chi connectivity index (χ0n) is 12.4. The lowest BCUT2D eigenvalue weighted by molar-refractivity contribution is -0.137. The number of aliphatic hydroxyl groups is 1. The van der Waals surface area contributed by atoms with Gasteiger partial charge in [-0.1, -0.05) is 0 Å². The number of amides is 3. The highest BCUT2D eigenvalue weighted by Crippen LogP contribution is 2.30. The van der Waals surface area contributed by atoms with Gasteiger partial charge >= 0.3 is 0 Å². The first-order valence-electron chi connectivity index (χ1n) is 7.45. The summed E-state index contributed by atoms with van der Waals surface area (Å²) in [7, 11) is 0. The van der Waals surface area contributed by atoms with Gasteiger partial charge in [0.25, 0.3) is 11.8 Å². The average Bonchev–Trinajstić information content (AvgIpc) is 3.34. The van der Waals surface area contributed by atoms with Gasteiger partial charge in [0.15, 0.2) is 0 Å². The van der Waals surface area contributed by atoms with E-state index in [9.17, 15) is 14.4 Å². The molecule has 23 heavy (non-hydrogen) atoms. The van der Waals surface area contributed by atoms with Crippen LogP contribution in [0.2, 0.25) is 0 Å². The molecule has 3 N–H and O–H groups in total. The molecule has 3 rings (SSSR count). The number of β-amino-alcohol motifs (C(OH)–C–C–N with tert-alkyl or cyclic N) is 1. The molecular formula is C16H17N3O4. The topological polar surface area (TPSA) is 98.7 Å². The van der Waals surface area contributed by atoms with Crippen LogP contribution < -0.4 is 10.6 Å². The van der Waals surface area contributed by atoms with E-state index >= 15 is 0 Å². The van der Waals surface area contributed by atoms with E-state index in [-0.39, 0.29) is 30.7 Å². The van der Waals surface area contributed by atoms with Gasteiger partial charge in [0.2, 0.25) is 5.91 Å². The molecule has 1 saturated carbocycles. The van der Waals surface area contributed by atoms with Crippen molar-refractivity contribution in [2.24, 2.45) is 5.92 Å². The monoisotopic (exact) mass is 315 g/mol. The summed E-state index contributed by atoms with van der Waals surface area (Å²) in [5.41, 5.74) is 1.49. The van der Waals surface area contributed by atoms with E-state index in [0.29, 0.717) is 11.4 Å². The molecule has 0 bridgehead atoms. The molecule has 0 spiro atoms. The SMILES string of the molecule is O=C(Nc1ccc(NC2=CC(=O)N(CCO)C2=O)cc1)C1CC1. The van der Waals surface area contributed by atoms with E-state index in [1.165, 1.54) is 6.08 Å². The first-order chi connectivity index (χ1) is 11.1. The average molecular weight is 315 g/mol. The highest BCUT2D eigenvalue weighted by Gasteiger charge is 2.31. The molecule has 7 heteroatoms. The first kappa shape index (κ1) is 15.2. The van der Waals surface area contributed by atoms with Gasteiger partial charge in [-0.05, 0) is 37.1 Å². The number of anilines is 2. The molecule has 1 aromatic rings. The summed E-state index contributed by atoms with van der Waals surface area (Å²) in [6.45, 7) is -0.292. The summed E-state index contributed by atoms with van der Waals surface area (Å²) in [5.74, 6) is -0.739. The smallest absolute Gasteiger partial charge is 0.277 e. The molecule has 0 unspecified atom stereocenters. The minimum atomic E-state index is -0.463. The van der Waals surface area contributed by atoms with E-state index in [1.54, 1.807) is 24.3 Å². The fraction of sp³-hybridized carbons (Fsp3) is 0.312. The molecule has 0 atom stereocenters. The zero-order valence-corrected chi connectivity index (χ0v) is 12.4. The highest BCUT2D eigenvalue weighted by atomic mass is 16.3. The highest BCUT2D eigenvalue weighted by molar-refractivity contribution is 6.17. The first-order valence-corrected chi connectivity index (χ1v) is 7.45. The van der Waals surface area contributed by atoms with Crippen LogP contribution in [0.25, 0.3) is 0 Å². The van der Waals surface area contributed by atoms with E-state index in [2.05, 4.69) is 10.6 Å². The van der Waals surface area contributed by atoms with Gasteiger partial charge in [-0.3, -0.25) is 19.3 Å². The van der Waals surface area contributed by atoms with Gasteiger partial charge in [0, 0.05) is 23.4 Å². The van der Waals surface area contributed by atoms with Gasteiger partial charge in [0.05, 0.1) is 13.2 Å². The lowest BCUT2D eigenvalue weighted by Gasteiger charge is -2.13. The number of carbonyl (C=O) groups is 3. The van der Waals surface area contributed by atoms with Crippen molar-refractivity contribution in [2.75, 3.05) is 23.8 Å². The van der Waals surface area contributed by atoms with E-state index in [0.717, 1.165) is 17.7 Å². The summed E-state index contributed by atoms with van der Waals surface area (Å²) < 4.78 is 0. The molecule has 1 fully saturated rings. The van der Waals surface area contributed by atoms with Crippen LogP contribution in [0.4, 0.5) is 11.4 Å². The Bertz CT molecular complexity index is 677. The Balaban J connectivity index is 1.62. The number of hydrogen-bond acceptors (Lipinski definition) is 5. The number of nitrogens with zero attached hydrogens (tertiary/aromatic N) is 1. The number of hydrogen-bond donors (Lipinski definition) is 3. The second-order valence-electron chi connectivity index (χ2n) is 5.54. The molecule has 0 radical (unpaired) electrons. The lowest BCUT2D eigenvalue weighted by atomic mass is 10.2. The Morgan fingerprint density at radius 1 is 1.17 bits per heavy atom. The van der Waals surface area contributed by atoms with E-state index in [4.69, 9.17) is 5.11 Å². The van der Waals surface area contributed by atoms with E-state index in [1.807, 2.05) is 0 Å². The largest absolute Gasteiger partial charge is 0.395 e. The van der Waals surface area contributed by atoms with Crippen molar-refractivity contribution in [3.05, 3.63) is 36.0 Å². The van der Waals surface area contributed by atoms with Crippen molar-refractivity contribution in [1.29, 1.82) is 0 Å². The van der Waals surface area contributed by atoms with Gasteiger partial charge in [-0.15, -0.1) is 0 Å². The standard InChI is InChI=1S/C16H17N3O4/c20-8-7-19-14(21)9-13(16(19)23)17-11-3-5-12(6-4-11)18-15(22)10-1-2-10/h3-6,9-10,17,20H,1-2,7-8H2,(H,18,22). The molecule has 7 nitrogen and oxygen atoms in total. The summed E-state index contributed by atoms with van der Waals surface area (Å²) in [5, 5.41) is 14.6. The molecule has 1 aromatic carbocycles. The molecule has 1 heterocycles. The van der Waals surface area contributed by atoms with Crippen LogP contribution in [0.1, 0.15) is 12.8 Å². The van der Waals surface area contributed by atoms with Gasteiger partial charge < -0.3 is 15.7 Å². The number of nitrogens with one attached hydrogen (secondary N) is 2. The number of carbonyl (C=O) groups excluding carboxylic acids is 3. The normalized spacial score (nSPS) is 17.3. The van der Waals surface area contributed by atoms with Crippen molar-refractivity contribution >= 4 is 29.1 Å². The van der Waals surface area contributed by atoms with E-state index < -0.39 is 11.8 Å². The Morgan fingerprint density at radius 2 is 1.83 bits per heavy atom. The minimum Gasteiger partial charge on any atom is -0.395 e. The molecule has 0 aromatic heterocycles. The summed E-state index contributed by atoms with van der Waals surface area (Å²) >= 11 is 0. The molecule has 3 amide bonds. The lowest BCUT2D eigenvalue weighted by Crippen LogP contribution is -2.34. The third-order valence-corrected chi connectivity index (χ3v) is 3.71. The maximum atomic E-state index is 12.0. The van der Waals surface area contributed by atoms with Gasteiger partial charge in [0.1, 0.15) is 5.70 Å². The molecule has 120 valence electrons. The van der Waals surface area contributed by atoms with Crippen LogP contribution in [0.15, 0.2) is 36.0 Å². The number of aliphatic hydroxyl groups excluding tert-OH is 1. The van der Waals surface area contributed by atoms with Crippen LogP contribution in [0, 0.1) is 5.92 Å². The number of rotatable bonds is 6. The second kappa shape index (κ2) is 6.21. The number of imide groups is 1. The van der Waals surface area contributed by atoms with Crippen LogP contribution >= 0.6 is 0 Å². The zero-order chi connectivity index (χ0) is 16.4. The Kier molecular flexibility index (Phi) is 4.12. The van der Waals surface area contributed by atoms with Crippen LogP contribution in [-0.4, -0.2) is 40.9 Å². The summed E-state index contributed by atoms with van der Waals surface area (Å²) in [4.78, 5) is 36.3. The van der Waals surface area contributed by atoms with Gasteiger partial charge in [-0.2, -0.15) is 0 Å². The molecular weight excluding hydrogens is 298 g/mol. The fourth-order valence-corrected chi connectivity index (χ4v) is 2.29. The van der Waals surface area contributed by atoms with Crippen molar-refractivity contribution in [3.8, 4) is 0 Å². The Morgan fingerprint density at radius 3 is 2.43 bits per heavy atom. The third kappa shape index (κ3) is 3.40. The predicted octanol–water partition coefficient (Wildman–Crippen LogP) is 0.692. The maximum absolute atomic E-state index is 12.0. The molecule has 1 aliphatic heterocycles. The maximum Gasteiger partial charge on any atom is 0.277 e. The van der Waals surface area contributed by atoms with Crippen LogP contribution in [0.5, 0.6) is 0 Å². The van der Waals surface area contributed by atoms with Crippen LogP contribution in [-0.2, 0) is 14.4 Å². The molecule has 1 aliphatic carbocycles. The number of benzene rings is 1. The Hall–Kier alpha value is -2.67. The predicted molar refractivity (Wildman–Crippen MR) is 83.3 cm³/mol. The second-order valence-corrected chi connectivity index (χ2v) is 5.54. The third-order valence-electron chi connectivity index (χ3n) is 3.71.